The van der Waals surface area contributed by atoms with E-state index in [2.05, 4.69) is 20.3 Å². The summed E-state index contributed by atoms with van der Waals surface area (Å²) in [6.07, 6.45) is 1.14. The highest BCUT2D eigenvalue weighted by Gasteiger charge is 2.22. The Balaban J connectivity index is 1.29. The largest absolute Gasteiger partial charge is 0.494 e. The molecule has 0 bridgehead atoms. The Bertz CT molecular complexity index is 1020. The van der Waals surface area contributed by atoms with Crippen LogP contribution in [0.2, 0.25) is 0 Å². The summed E-state index contributed by atoms with van der Waals surface area (Å²) in [6.45, 7) is 9.27. The zero-order valence-electron chi connectivity index (χ0n) is 18.9. The highest BCUT2D eigenvalue weighted by molar-refractivity contribution is 5.77. The molecule has 8 heteroatoms. The van der Waals surface area contributed by atoms with E-state index in [9.17, 15) is 4.79 Å². The third-order valence-electron chi connectivity index (χ3n) is 5.84. The van der Waals surface area contributed by atoms with Gasteiger partial charge in [0.05, 0.1) is 18.0 Å². The first-order valence-corrected chi connectivity index (χ1v) is 11.1. The maximum Gasteiger partial charge on any atom is 0.223 e. The molecule has 0 N–H and O–H groups in total. The number of piperazine rings is 1. The van der Waals surface area contributed by atoms with E-state index >= 15 is 0 Å². The van der Waals surface area contributed by atoms with E-state index in [1.54, 1.807) is 0 Å². The number of nitrogens with zero attached hydrogens (tertiary/aromatic N) is 5. The third kappa shape index (κ3) is 4.90. The molecule has 32 heavy (non-hydrogen) atoms. The van der Waals surface area contributed by atoms with Crippen LogP contribution in [0.15, 0.2) is 40.9 Å². The van der Waals surface area contributed by atoms with Gasteiger partial charge in [-0.3, -0.25) is 4.79 Å². The maximum atomic E-state index is 12.6. The Morgan fingerprint density at radius 3 is 2.38 bits per heavy atom. The summed E-state index contributed by atoms with van der Waals surface area (Å²) < 4.78 is 10.7. The first kappa shape index (κ1) is 21.8. The molecule has 4 rings (SSSR count). The number of amides is 1. The van der Waals surface area contributed by atoms with E-state index in [0.29, 0.717) is 32.5 Å². The van der Waals surface area contributed by atoms with Crippen molar-refractivity contribution in [1.29, 1.82) is 0 Å². The van der Waals surface area contributed by atoms with E-state index in [1.807, 2.05) is 62.1 Å². The van der Waals surface area contributed by atoms with E-state index in [-0.39, 0.29) is 5.91 Å². The predicted molar refractivity (Wildman–Crippen MR) is 122 cm³/mol. The Morgan fingerprint density at radius 1 is 1.03 bits per heavy atom. The second-order valence-electron chi connectivity index (χ2n) is 7.90. The normalized spacial score (nSPS) is 14.0. The molecule has 3 heterocycles. The Kier molecular flexibility index (Phi) is 6.68. The lowest BCUT2D eigenvalue weighted by atomic mass is 10.1. The lowest BCUT2D eigenvalue weighted by Crippen LogP contribution is -2.49. The molecule has 8 nitrogen and oxygen atoms in total. The van der Waals surface area contributed by atoms with Crippen LogP contribution in [0.25, 0.3) is 11.3 Å². The van der Waals surface area contributed by atoms with E-state index in [1.165, 1.54) is 0 Å². The average Bonchev–Trinajstić information content (AvgIpc) is 3.15. The molecule has 3 aromatic rings. The van der Waals surface area contributed by atoms with Crippen molar-refractivity contribution in [2.75, 3.05) is 37.7 Å². The van der Waals surface area contributed by atoms with Gasteiger partial charge in [0.25, 0.3) is 0 Å². The lowest BCUT2D eigenvalue weighted by molar-refractivity contribution is -0.131. The number of aryl methyl sites for hydroxylation is 2. The van der Waals surface area contributed by atoms with Gasteiger partial charge < -0.3 is 19.1 Å². The number of anilines is 1. The van der Waals surface area contributed by atoms with Crippen molar-refractivity contribution in [1.82, 2.24) is 20.3 Å². The molecule has 0 unspecified atom stereocenters. The molecule has 2 aromatic heterocycles. The second-order valence-corrected chi connectivity index (χ2v) is 7.90. The molecule has 1 saturated heterocycles. The van der Waals surface area contributed by atoms with Gasteiger partial charge in [-0.05, 0) is 63.6 Å². The zero-order valence-corrected chi connectivity index (χ0v) is 18.9. The lowest BCUT2D eigenvalue weighted by Gasteiger charge is -2.35. The quantitative estimate of drug-likeness (QED) is 0.562. The van der Waals surface area contributed by atoms with Gasteiger partial charge in [0, 0.05) is 43.7 Å². The molecule has 1 aliphatic rings. The van der Waals surface area contributed by atoms with Gasteiger partial charge in [0.15, 0.2) is 5.82 Å². The fourth-order valence-electron chi connectivity index (χ4n) is 3.97. The van der Waals surface area contributed by atoms with Crippen LogP contribution in [0.3, 0.4) is 0 Å². The van der Waals surface area contributed by atoms with Gasteiger partial charge in [0.2, 0.25) is 5.91 Å². The van der Waals surface area contributed by atoms with Crippen molar-refractivity contribution in [2.45, 2.75) is 33.6 Å². The van der Waals surface area contributed by atoms with Crippen molar-refractivity contribution in [3.05, 3.63) is 53.4 Å². The van der Waals surface area contributed by atoms with Crippen molar-refractivity contribution in [2.24, 2.45) is 0 Å². The average molecular weight is 436 g/mol. The number of carbonyl (C=O) groups excluding carboxylic acids is 1. The Morgan fingerprint density at radius 2 is 1.78 bits per heavy atom. The summed E-state index contributed by atoms with van der Waals surface area (Å²) in [7, 11) is 0. The summed E-state index contributed by atoms with van der Waals surface area (Å²) in [5.74, 6) is 2.65. The number of ether oxygens (including phenoxy) is 1. The molecule has 0 atom stereocenters. The summed E-state index contributed by atoms with van der Waals surface area (Å²) >= 11 is 0. The number of hydrogen-bond donors (Lipinski definition) is 0. The van der Waals surface area contributed by atoms with E-state index in [0.717, 1.165) is 52.9 Å². The van der Waals surface area contributed by atoms with Gasteiger partial charge >= 0.3 is 0 Å². The molecule has 0 aliphatic carbocycles. The molecule has 0 radical (unpaired) electrons. The van der Waals surface area contributed by atoms with Crippen LogP contribution in [0.5, 0.6) is 5.75 Å². The smallest absolute Gasteiger partial charge is 0.223 e. The van der Waals surface area contributed by atoms with Gasteiger partial charge in [0.1, 0.15) is 11.5 Å². The molecule has 1 amide bonds. The van der Waals surface area contributed by atoms with Crippen LogP contribution in [0.4, 0.5) is 5.82 Å². The molecule has 1 fully saturated rings. The summed E-state index contributed by atoms with van der Waals surface area (Å²) in [6, 6.07) is 11.8. The van der Waals surface area contributed by atoms with Gasteiger partial charge in [-0.15, -0.1) is 10.2 Å². The highest BCUT2D eigenvalue weighted by Crippen LogP contribution is 2.22. The monoisotopic (exact) mass is 435 g/mol. The van der Waals surface area contributed by atoms with Crippen molar-refractivity contribution in [3.8, 4) is 17.0 Å². The molecule has 1 aliphatic heterocycles. The molecule has 168 valence electrons. The summed E-state index contributed by atoms with van der Waals surface area (Å²) in [4.78, 5) is 16.7. The molecule has 0 spiro atoms. The van der Waals surface area contributed by atoms with Crippen LogP contribution in [-0.2, 0) is 11.2 Å². The number of benzene rings is 1. The first-order chi connectivity index (χ1) is 15.5. The Labute approximate surface area is 188 Å². The SMILES string of the molecule is CCOc1ccc(-c2ccc(N3CCN(C(=O)CCc4c(C)noc4C)CC3)nn2)cc1. The van der Waals surface area contributed by atoms with Crippen molar-refractivity contribution >= 4 is 11.7 Å². The van der Waals surface area contributed by atoms with Gasteiger partial charge in [-0.25, -0.2) is 0 Å². The maximum absolute atomic E-state index is 12.6. The second kappa shape index (κ2) is 9.80. The number of rotatable bonds is 7. The molecular weight excluding hydrogens is 406 g/mol. The number of hydrogen-bond acceptors (Lipinski definition) is 7. The fourth-order valence-corrected chi connectivity index (χ4v) is 3.97. The minimum absolute atomic E-state index is 0.168. The Hall–Kier alpha value is -3.42. The van der Waals surface area contributed by atoms with Gasteiger partial charge in [-0.1, -0.05) is 5.16 Å². The van der Waals surface area contributed by atoms with Crippen molar-refractivity contribution in [3.63, 3.8) is 0 Å². The predicted octanol–water partition coefficient (Wildman–Crippen LogP) is 3.43. The van der Waals surface area contributed by atoms with Crippen LogP contribution < -0.4 is 9.64 Å². The number of aromatic nitrogens is 3. The minimum Gasteiger partial charge on any atom is -0.494 e. The van der Waals surface area contributed by atoms with Crippen LogP contribution >= 0.6 is 0 Å². The summed E-state index contributed by atoms with van der Waals surface area (Å²) in [5.41, 5.74) is 3.73. The highest BCUT2D eigenvalue weighted by atomic mass is 16.5. The minimum atomic E-state index is 0.168. The third-order valence-corrected chi connectivity index (χ3v) is 5.84. The number of carbonyl (C=O) groups is 1. The standard InChI is InChI=1S/C24H29N5O3/c1-4-31-20-7-5-19(6-8-20)22-10-11-23(26-25-22)28-13-15-29(16-14-28)24(30)12-9-21-17(2)27-32-18(21)3/h5-8,10-11H,4,9,12-16H2,1-3H3. The van der Waals surface area contributed by atoms with Crippen LogP contribution in [-0.4, -0.2) is 58.9 Å². The first-order valence-electron chi connectivity index (χ1n) is 11.1. The van der Waals surface area contributed by atoms with Crippen molar-refractivity contribution < 1.29 is 14.1 Å². The topological polar surface area (TPSA) is 84.6 Å². The molecular formula is C24H29N5O3. The zero-order chi connectivity index (χ0) is 22.5. The van der Waals surface area contributed by atoms with Crippen LogP contribution in [0.1, 0.15) is 30.4 Å². The van der Waals surface area contributed by atoms with E-state index in [4.69, 9.17) is 9.26 Å². The van der Waals surface area contributed by atoms with Gasteiger partial charge in [-0.2, -0.15) is 0 Å². The van der Waals surface area contributed by atoms with Crippen LogP contribution in [0, 0.1) is 13.8 Å². The fraction of sp³-hybridized carbons (Fsp3) is 0.417. The molecule has 1 aromatic carbocycles. The molecule has 0 saturated carbocycles. The van der Waals surface area contributed by atoms with E-state index < -0.39 is 0 Å². The summed E-state index contributed by atoms with van der Waals surface area (Å²) in [5, 5.41) is 12.8.